The van der Waals surface area contributed by atoms with Gasteiger partial charge in [-0.3, -0.25) is 14.9 Å². The van der Waals surface area contributed by atoms with Gasteiger partial charge in [0, 0.05) is 6.54 Å². The van der Waals surface area contributed by atoms with Gasteiger partial charge in [-0.05, 0) is 39.5 Å². The predicted octanol–water partition coefficient (Wildman–Crippen LogP) is 1.62. The van der Waals surface area contributed by atoms with E-state index in [1.807, 2.05) is 13.8 Å². The number of hydrogen-bond donors (Lipinski definition) is 2. The first-order chi connectivity index (χ1) is 11.5. The summed E-state index contributed by atoms with van der Waals surface area (Å²) in [5, 5.41) is 5.55. The molecule has 0 rings (SSSR count). The zero-order valence-electron chi connectivity index (χ0n) is 16.3. The Kier molecular flexibility index (Phi) is 10.1. The maximum atomic E-state index is 12.0. The van der Waals surface area contributed by atoms with Gasteiger partial charge in [-0.1, -0.05) is 13.8 Å². The van der Waals surface area contributed by atoms with E-state index in [-0.39, 0.29) is 18.9 Å². The third-order valence-electron chi connectivity index (χ3n) is 3.18. The first-order valence-corrected chi connectivity index (χ1v) is 8.38. The molecular weight excluding hydrogens is 328 g/mol. The molecule has 0 bridgehead atoms. The van der Waals surface area contributed by atoms with E-state index in [2.05, 4.69) is 10.6 Å². The standard InChI is InChI=1S/C17H32N2O6/c1-11(2)10-13(15(21)24-7)19-12(14(20)23-6)8-9-18-16(22)25-17(3,4)5/h11-13,19H,8-10H2,1-7H3,(H,18,22)/t12?,13-/m0/s1. The zero-order chi connectivity index (χ0) is 19.6. The van der Waals surface area contributed by atoms with Crippen LogP contribution in [0.15, 0.2) is 0 Å². The highest BCUT2D eigenvalue weighted by Crippen LogP contribution is 2.09. The summed E-state index contributed by atoms with van der Waals surface area (Å²) >= 11 is 0. The number of carbonyl (C=O) groups excluding carboxylic acids is 3. The molecule has 2 N–H and O–H groups in total. The number of esters is 2. The van der Waals surface area contributed by atoms with Gasteiger partial charge in [0.25, 0.3) is 0 Å². The molecule has 0 radical (unpaired) electrons. The van der Waals surface area contributed by atoms with Gasteiger partial charge >= 0.3 is 18.0 Å². The van der Waals surface area contributed by atoms with Crippen molar-refractivity contribution in [2.24, 2.45) is 5.92 Å². The molecule has 146 valence electrons. The molecule has 8 nitrogen and oxygen atoms in total. The third kappa shape index (κ3) is 10.6. The molecule has 0 heterocycles. The van der Waals surface area contributed by atoms with Gasteiger partial charge in [-0.25, -0.2) is 4.79 Å². The van der Waals surface area contributed by atoms with Crippen LogP contribution in [0.5, 0.6) is 0 Å². The fourth-order valence-electron chi connectivity index (χ4n) is 2.13. The Morgan fingerprint density at radius 1 is 0.960 bits per heavy atom. The summed E-state index contributed by atoms with van der Waals surface area (Å²) in [6.07, 6.45) is 0.194. The minimum absolute atomic E-state index is 0.192. The van der Waals surface area contributed by atoms with Gasteiger partial charge in [0.15, 0.2) is 0 Å². The first-order valence-electron chi connectivity index (χ1n) is 8.38. The summed E-state index contributed by atoms with van der Waals surface area (Å²) < 4.78 is 14.7. The monoisotopic (exact) mass is 360 g/mol. The molecular formula is C17H32N2O6. The average molecular weight is 360 g/mol. The molecule has 0 saturated carbocycles. The molecule has 0 saturated heterocycles. The number of carbonyl (C=O) groups is 3. The van der Waals surface area contributed by atoms with E-state index in [1.54, 1.807) is 20.8 Å². The highest BCUT2D eigenvalue weighted by molar-refractivity contribution is 5.79. The lowest BCUT2D eigenvalue weighted by molar-refractivity contribution is -0.146. The fourth-order valence-corrected chi connectivity index (χ4v) is 2.13. The lowest BCUT2D eigenvalue weighted by Gasteiger charge is -2.24. The maximum Gasteiger partial charge on any atom is 0.407 e. The molecule has 2 atom stereocenters. The van der Waals surface area contributed by atoms with Crippen LogP contribution < -0.4 is 10.6 Å². The second-order valence-corrected chi connectivity index (χ2v) is 7.17. The van der Waals surface area contributed by atoms with Crippen molar-refractivity contribution < 1.29 is 28.6 Å². The van der Waals surface area contributed by atoms with Gasteiger partial charge < -0.3 is 19.5 Å². The van der Waals surface area contributed by atoms with Crippen molar-refractivity contribution in [3.63, 3.8) is 0 Å². The van der Waals surface area contributed by atoms with E-state index >= 15 is 0 Å². The van der Waals surface area contributed by atoms with Crippen molar-refractivity contribution >= 4 is 18.0 Å². The molecule has 1 unspecified atom stereocenters. The van der Waals surface area contributed by atoms with Crippen LogP contribution >= 0.6 is 0 Å². The molecule has 0 aromatic rings. The quantitative estimate of drug-likeness (QED) is 0.476. The highest BCUT2D eigenvalue weighted by atomic mass is 16.6. The summed E-state index contributed by atoms with van der Waals surface area (Å²) in [6, 6.07) is -1.38. The molecule has 0 aromatic carbocycles. The van der Waals surface area contributed by atoms with Crippen molar-refractivity contribution in [1.82, 2.24) is 10.6 Å². The topological polar surface area (TPSA) is 103 Å². The Labute approximate surface area is 150 Å². The minimum Gasteiger partial charge on any atom is -0.468 e. The van der Waals surface area contributed by atoms with E-state index in [0.717, 1.165) is 0 Å². The minimum atomic E-state index is -0.747. The van der Waals surface area contributed by atoms with Crippen molar-refractivity contribution in [3.8, 4) is 0 Å². The third-order valence-corrected chi connectivity index (χ3v) is 3.18. The Bertz CT molecular complexity index is 445. The second kappa shape index (κ2) is 10.9. The second-order valence-electron chi connectivity index (χ2n) is 7.17. The normalized spacial score (nSPS) is 13.8. The number of ether oxygens (including phenoxy) is 3. The molecule has 1 amide bonds. The molecule has 8 heteroatoms. The van der Waals surface area contributed by atoms with Crippen LogP contribution in [0.3, 0.4) is 0 Å². The number of rotatable bonds is 9. The summed E-state index contributed by atoms with van der Waals surface area (Å²) in [6.45, 7) is 9.41. The predicted molar refractivity (Wildman–Crippen MR) is 93.1 cm³/mol. The SMILES string of the molecule is COC(=O)C(CCNC(=O)OC(C)(C)C)N[C@@H](CC(C)C)C(=O)OC. The molecule has 0 aliphatic carbocycles. The molecule has 0 spiro atoms. The number of methoxy groups -OCH3 is 2. The number of nitrogens with one attached hydrogen (secondary N) is 2. The smallest absolute Gasteiger partial charge is 0.407 e. The van der Waals surface area contributed by atoms with E-state index in [4.69, 9.17) is 14.2 Å². The van der Waals surface area contributed by atoms with Gasteiger partial charge in [-0.15, -0.1) is 0 Å². The van der Waals surface area contributed by atoms with E-state index < -0.39 is 35.7 Å². The van der Waals surface area contributed by atoms with Crippen molar-refractivity contribution in [2.75, 3.05) is 20.8 Å². The highest BCUT2D eigenvalue weighted by Gasteiger charge is 2.28. The Hall–Kier alpha value is -1.83. The molecule has 0 aliphatic rings. The van der Waals surface area contributed by atoms with Gasteiger partial charge in [-0.2, -0.15) is 0 Å². The Morgan fingerprint density at radius 3 is 1.92 bits per heavy atom. The fraction of sp³-hybridized carbons (Fsp3) is 0.824. The maximum absolute atomic E-state index is 12.0. The van der Waals surface area contributed by atoms with Crippen LogP contribution in [0.25, 0.3) is 0 Å². The van der Waals surface area contributed by atoms with Gasteiger partial charge in [0.2, 0.25) is 0 Å². The Balaban J connectivity index is 4.75. The van der Waals surface area contributed by atoms with Crippen LogP contribution in [-0.2, 0) is 23.8 Å². The van der Waals surface area contributed by atoms with E-state index in [9.17, 15) is 14.4 Å². The van der Waals surface area contributed by atoms with E-state index in [0.29, 0.717) is 6.42 Å². The molecule has 0 fully saturated rings. The molecule has 25 heavy (non-hydrogen) atoms. The first kappa shape index (κ1) is 23.2. The zero-order valence-corrected chi connectivity index (χ0v) is 16.3. The van der Waals surface area contributed by atoms with Crippen LogP contribution in [0, 0.1) is 5.92 Å². The number of amides is 1. The van der Waals surface area contributed by atoms with E-state index in [1.165, 1.54) is 14.2 Å². The van der Waals surface area contributed by atoms with Gasteiger partial charge in [0.1, 0.15) is 17.7 Å². The largest absolute Gasteiger partial charge is 0.468 e. The van der Waals surface area contributed by atoms with Gasteiger partial charge in [0.05, 0.1) is 14.2 Å². The summed E-state index contributed by atoms with van der Waals surface area (Å²) in [7, 11) is 2.57. The summed E-state index contributed by atoms with van der Waals surface area (Å²) in [5.74, 6) is -0.721. The number of hydrogen-bond acceptors (Lipinski definition) is 7. The van der Waals surface area contributed by atoms with Crippen LogP contribution in [0.1, 0.15) is 47.5 Å². The lowest BCUT2D eigenvalue weighted by atomic mass is 10.0. The average Bonchev–Trinajstić information content (AvgIpc) is 2.49. The summed E-state index contributed by atoms with van der Waals surface area (Å²) in [4.78, 5) is 35.5. The van der Waals surface area contributed by atoms with Crippen LogP contribution in [-0.4, -0.2) is 56.5 Å². The van der Waals surface area contributed by atoms with Crippen LogP contribution in [0.4, 0.5) is 4.79 Å². The lowest BCUT2D eigenvalue weighted by Crippen LogP contribution is -2.49. The van der Waals surface area contributed by atoms with Crippen molar-refractivity contribution in [3.05, 3.63) is 0 Å². The van der Waals surface area contributed by atoms with Crippen molar-refractivity contribution in [2.45, 2.75) is 65.1 Å². The van der Waals surface area contributed by atoms with Crippen molar-refractivity contribution in [1.29, 1.82) is 0 Å². The Morgan fingerprint density at radius 2 is 1.48 bits per heavy atom. The molecule has 0 aliphatic heterocycles. The summed E-state index contributed by atoms with van der Waals surface area (Å²) in [5.41, 5.74) is -0.600. The number of alkyl carbamates (subject to hydrolysis) is 1. The van der Waals surface area contributed by atoms with Crippen LogP contribution in [0.2, 0.25) is 0 Å². The molecule has 0 aromatic heterocycles.